The normalized spacial score (nSPS) is 18.7. The first-order valence-electron chi connectivity index (χ1n) is 31.5. The van der Waals surface area contributed by atoms with Gasteiger partial charge < -0.3 is 5.11 Å². The van der Waals surface area contributed by atoms with Crippen molar-refractivity contribution in [1.29, 1.82) is 0 Å². The third kappa shape index (κ3) is 8.17. The van der Waals surface area contributed by atoms with Crippen LogP contribution in [0.3, 0.4) is 0 Å². The zero-order valence-corrected chi connectivity index (χ0v) is 35.0. The van der Waals surface area contributed by atoms with E-state index >= 15 is 0 Å². The monoisotopic (exact) mass is 858 g/mol. The van der Waals surface area contributed by atoms with Crippen molar-refractivity contribution in [3.05, 3.63) is 192 Å². The highest BCUT2D eigenvalue weighted by Crippen LogP contribution is 2.45. The lowest BCUT2D eigenvalue weighted by Crippen LogP contribution is -2.17. The lowest BCUT2D eigenvalue weighted by atomic mass is 9.79. The first kappa shape index (κ1) is 23.6. The van der Waals surface area contributed by atoms with E-state index < -0.39 is 93.0 Å². The summed E-state index contributed by atoms with van der Waals surface area (Å²) in [5, 5.41) is 13.0. The first-order chi connectivity index (χ1) is 39.6. The van der Waals surface area contributed by atoms with Gasteiger partial charge in [-0.15, -0.1) is 0 Å². The highest BCUT2D eigenvalue weighted by molar-refractivity contribution is 5.98. The molecule has 0 aliphatic heterocycles. The highest BCUT2D eigenvalue weighted by atomic mass is 16.3. The third-order valence-corrected chi connectivity index (χ3v) is 11.4. The molecule has 0 unspecified atom stereocenters. The Morgan fingerprint density at radius 3 is 1.95 bits per heavy atom. The predicted molar refractivity (Wildman–Crippen MR) is 269 cm³/mol. The number of fused-ring (bicyclic) bond motifs is 1. The van der Waals surface area contributed by atoms with E-state index in [1.807, 2.05) is 84.9 Å². The van der Waals surface area contributed by atoms with Gasteiger partial charge in [-0.3, -0.25) is 9.55 Å². The van der Waals surface area contributed by atoms with Gasteiger partial charge in [0.2, 0.25) is 0 Å². The molecule has 0 atom stereocenters. The molecular formula is C60H57N3O. The fourth-order valence-electron chi connectivity index (χ4n) is 8.19. The SMILES string of the molecule is [2H]C([2H])([2H])c1ccc(-c2ccnc(-c3cc(-c4ccccc4)cc(-c4cccc5c4nc(-c4cc(C(C([2H])([2H])[2H])(C([2H])([2H])[2H])C([2H])([2H])[2H])cc(C(C([2H])([2H])[2H])(C([2H])([2H])[2H])C([2H])([2H])[2H])c4O)n5-c4ccc(-c5ccccc5)c(C([2H])(C)C)c4)c3)c2)cc1. The summed E-state index contributed by atoms with van der Waals surface area (Å²) in [6, 6.07) is 45.0. The summed E-state index contributed by atoms with van der Waals surface area (Å²) in [5.41, 5.74) is -4.77. The van der Waals surface area contributed by atoms with Crippen molar-refractivity contribution in [2.75, 3.05) is 0 Å². The number of para-hydroxylation sites is 1. The maximum Gasteiger partial charge on any atom is 0.149 e. The number of aromatic hydroxyl groups is 1. The Morgan fingerprint density at radius 2 is 1.25 bits per heavy atom. The highest BCUT2D eigenvalue weighted by Gasteiger charge is 2.29. The molecule has 0 aliphatic carbocycles. The number of benzene rings is 7. The van der Waals surface area contributed by atoms with Crippen LogP contribution in [0.5, 0.6) is 5.75 Å². The largest absolute Gasteiger partial charge is 0.507 e. The van der Waals surface area contributed by atoms with Crippen LogP contribution in [0.2, 0.25) is 0 Å². The molecule has 0 aliphatic rings. The first-order valence-corrected chi connectivity index (χ1v) is 20.5. The summed E-state index contributed by atoms with van der Waals surface area (Å²) in [6.07, 6.45) is 1.61. The van der Waals surface area contributed by atoms with E-state index in [1.165, 1.54) is 16.7 Å². The van der Waals surface area contributed by atoms with Crippen LogP contribution >= 0.6 is 0 Å². The van der Waals surface area contributed by atoms with Gasteiger partial charge in [-0.1, -0.05) is 170 Å². The number of rotatable bonds is 8. The average Bonchev–Trinajstić information content (AvgIpc) is 0.773. The molecule has 0 saturated carbocycles. The van der Waals surface area contributed by atoms with Crippen molar-refractivity contribution in [3.63, 3.8) is 0 Å². The molecule has 4 nitrogen and oxygen atoms in total. The third-order valence-electron chi connectivity index (χ3n) is 11.4. The number of nitrogens with zero attached hydrogens (tertiary/aromatic N) is 3. The summed E-state index contributed by atoms with van der Waals surface area (Å²) >= 11 is 0. The van der Waals surface area contributed by atoms with E-state index in [1.54, 1.807) is 74.6 Å². The van der Waals surface area contributed by atoms with E-state index in [2.05, 4.69) is 0 Å². The Bertz CT molecular complexity index is 3920. The van der Waals surface area contributed by atoms with Gasteiger partial charge in [-0.2, -0.15) is 0 Å². The zero-order valence-electron chi connectivity index (χ0n) is 57.0. The van der Waals surface area contributed by atoms with Gasteiger partial charge in [0.15, 0.2) is 0 Å². The summed E-state index contributed by atoms with van der Waals surface area (Å²) in [6.45, 7) is -23.8. The van der Waals surface area contributed by atoms with Gasteiger partial charge in [-0.25, -0.2) is 4.98 Å². The van der Waals surface area contributed by atoms with Crippen LogP contribution in [0, 0.1) is 6.85 Å². The zero-order chi connectivity index (χ0) is 63.3. The number of phenols is 1. The van der Waals surface area contributed by atoms with Crippen LogP contribution in [-0.2, 0) is 10.8 Å². The second kappa shape index (κ2) is 16.6. The van der Waals surface area contributed by atoms with Crippen molar-refractivity contribution < 1.29 is 35.3 Å². The van der Waals surface area contributed by atoms with Crippen LogP contribution in [0.25, 0.3) is 83.9 Å². The lowest BCUT2D eigenvalue weighted by molar-refractivity contribution is 0.446. The number of pyridine rings is 1. The summed E-state index contributed by atoms with van der Waals surface area (Å²) in [7, 11) is 0. The molecule has 0 saturated heterocycles. The molecule has 9 aromatic rings. The van der Waals surface area contributed by atoms with Gasteiger partial charge in [0.1, 0.15) is 11.6 Å². The lowest BCUT2D eigenvalue weighted by Gasteiger charge is -2.27. The fourth-order valence-corrected chi connectivity index (χ4v) is 8.19. The number of phenolic OH excluding ortho intramolecular Hbond substituents is 1. The average molecular weight is 858 g/mol. The van der Waals surface area contributed by atoms with Crippen molar-refractivity contribution in [3.8, 4) is 78.6 Å². The number of hydrogen-bond donors (Lipinski definition) is 1. The molecule has 0 spiro atoms. The minimum absolute atomic E-state index is 0.0855. The van der Waals surface area contributed by atoms with Gasteiger partial charge in [0.25, 0.3) is 0 Å². The topological polar surface area (TPSA) is 50.9 Å². The second-order valence-electron chi connectivity index (χ2n) is 16.1. The molecule has 2 heterocycles. The van der Waals surface area contributed by atoms with Crippen LogP contribution in [0.15, 0.2) is 170 Å². The Morgan fingerprint density at radius 1 is 0.562 bits per heavy atom. The molecule has 0 bridgehead atoms. The summed E-state index contributed by atoms with van der Waals surface area (Å²) in [4.78, 5) is 9.88. The number of imidazole rings is 1. The standard InChI is InChI=1S/C60H57N3O/c1-38(2)51-37-48(27-28-49(51)42-19-14-11-15-20-42)63-55-22-16-21-50(56(55)62-58(63)52-35-47(59(4,5)6)36-53(57(52)64)60(7,8)9)45-31-44(40-17-12-10-13-18-40)32-46(33-45)54-34-43(29-30-61-54)41-25-23-39(3)24-26-41/h10-38,64H,1-9H3/i3D3,4D3,5D3,6D3,7D3,8D3,9D3,38D. The number of aromatic nitrogens is 3. The predicted octanol–water partition coefficient (Wildman–Crippen LogP) is 16.2. The molecule has 0 amide bonds. The van der Waals surface area contributed by atoms with Crippen molar-refractivity contribution in [1.82, 2.24) is 14.5 Å². The van der Waals surface area contributed by atoms with E-state index in [0.717, 1.165) is 5.56 Å². The molecule has 9 rings (SSSR count). The van der Waals surface area contributed by atoms with Gasteiger partial charge >= 0.3 is 0 Å². The minimum Gasteiger partial charge on any atom is -0.507 e. The molecule has 4 heteroatoms. The van der Waals surface area contributed by atoms with E-state index in [-0.39, 0.29) is 28.4 Å². The van der Waals surface area contributed by atoms with Crippen LogP contribution in [0.4, 0.5) is 0 Å². The van der Waals surface area contributed by atoms with Crippen molar-refractivity contribution in [2.45, 2.75) is 78.5 Å². The Balaban J connectivity index is 1.46. The van der Waals surface area contributed by atoms with Gasteiger partial charge in [0, 0.05) is 58.7 Å². The summed E-state index contributed by atoms with van der Waals surface area (Å²) in [5.74, 6) is -3.30. The second-order valence-corrected chi connectivity index (χ2v) is 16.1. The number of hydrogen-bond acceptors (Lipinski definition) is 3. The van der Waals surface area contributed by atoms with Crippen LogP contribution < -0.4 is 0 Å². The maximum absolute atomic E-state index is 13.0. The molecule has 1 N–H and O–H groups in total. The molecule has 7 aromatic carbocycles. The van der Waals surface area contributed by atoms with Crippen LogP contribution in [-0.4, -0.2) is 19.6 Å². The molecular weight excluding hydrogens is 779 g/mol. The summed E-state index contributed by atoms with van der Waals surface area (Å²) < 4.78 is 192. The number of aryl methyl sites for hydroxylation is 1. The van der Waals surface area contributed by atoms with Gasteiger partial charge in [-0.05, 0) is 128 Å². The Hall–Kier alpha value is -7.04. The van der Waals surface area contributed by atoms with Crippen molar-refractivity contribution in [2.24, 2.45) is 0 Å². The van der Waals surface area contributed by atoms with E-state index in [9.17, 15) is 6.48 Å². The molecule has 64 heavy (non-hydrogen) atoms. The van der Waals surface area contributed by atoms with E-state index in [0.29, 0.717) is 61.8 Å². The molecule has 318 valence electrons. The van der Waals surface area contributed by atoms with Gasteiger partial charge in [0.05, 0.1) is 22.3 Å². The Kier molecular flexibility index (Phi) is 6.11. The van der Waals surface area contributed by atoms with Crippen LogP contribution in [0.1, 0.15) is 113 Å². The Labute approximate surface area is 409 Å². The van der Waals surface area contributed by atoms with Crippen molar-refractivity contribution >= 4 is 11.0 Å². The van der Waals surface area contributed by atoms with E-state index in [4.69, 9.17) is 38.8 Å². The minimum atomic E-state index is -4.19. The molecule has 0 fully saturated rings. The maximum atomic E-state index is 13.0. The smallest absolute Gasteiger partial charge is 0.149 e. The molecule has 2 aromatic heterocycles. The molecule has 0 radical (unpaired) electrons. The fraction of sp³-hybridized carbons (Fsp3) is 0.200. The quantitative estimate of drug-likeness (QED) is 0.166.